The molecule has 0 fully saturated rings. The van der Waals surface area contributed by atoms with E-state index in [2.05, 4.69) is 4.98 Å². The van der Waals surface area contributed by atoms with E-state index in [9.17, 15) is 9.59 Å². The van der Waals surface area contributed by atoms with Crippen molar-refractivity contribution in [3.05, 3.63) is 58.5 Å². The van der Waals surface area contributed by atoms with Crippen LogP contribution in [0, 0.1) is 0 Å². The average molecular weight is 324 g/mol. The Kier molecular flexibility index (Phi) is 3.12. The summed E-state index contributed by atoms with van der Waals surface area (Å²) in [6.45, 7) is 1.92. The van der Waals surface area contributed by atoms with Gasteiger partial charge in [0.15, 0.2) is 4.96 Å². The number of thiazole rings is 1. The monoisotopic (exact) mass is 324 g/mol. The van der Waals surface area contributed by atoms with E-state index in [1.54, 1.807) is 6.92 Å². The molecule has 2 aromatic carbocycles. The molecule has 0 saturated heterocycles. The van der Waals surface area contributed by atoms with E-state index in [1.165, 1.54) is 21.9 Å². The number of benzene rings is 2. The fourth-order valence-corrected chi connectivity index (χ4v) is 3.71. The Bertz CT molecular complexity index is 1130. The van der Waals surface area contributed by atoms with Crippen LogP contribution in [0.15, 0.2) is 47.4 Å². The highest BCUT2D eigenvalue weighted by atomic mass is 32.1. The molecule has 0 aliphatic carbocycles. The number of rotatable bonds is 2. The fraction of sp³-hybridized carbons (Fsp3) is 0.118. The molecule has 0 amide bonds. The van der Waals surface area contributed by atoms with Gasteiger partial charge in [-0.2, -0.15) is 0 Å². The Labute approximate surface area is 134 Å². The highest BCUT2D eigenvalue weighted by Crippen LogP contribution is 2.30. The van der Waals surface area contributed by atoms with Crippen LogP contribution in [-0.4, -0.2) is 22.0 Å². The number of carbonyl (C=O) groups excluding carboxylic acids is 1. The number of carbonyl (C=O) groups is 1. The maximum atomic E-state index is 12.8. The molecule has 4 rings (SSSR count). The average Bonchev–Trinajstić information content (AvgIpc) is 2.95. The van der Waals surface area contributed by atoms with Gasteiger partial charge in [-0.1, -0.05) is 41.7 Å². The van der Waals surface area contributed by atoms with E-state index in [-0.39, 0.29) is 12.2 Å². The summed E-state index contributed by atoms with van der Waals surface area (Å²) >= 11 is 1.42. The Morgan fingerprint density at radius 2 is 2.09 bits per heavy atom. The number of hydrogen-bond donors (Lipinski definition) is 0. The van der Waals surface area contributed by atoms with Gasteiger partial charge in [0, 0.05) is 5.39 Å². The smallest absolute Gasteiger partial charge is 0.345 e. The van der Waals surface area contributed by atoms with Gasteiger partial charge in [-0.15, -0.1) is 0 Å². The molecule has 0 unspecified atom stereocenters. The molecular weight excluding hydrogens is 312 g/mol. The lowest BCUT2D eigenvalue weighted by atomic mass is 10.1. The van der Waals surface area contributed by atoms with Gasteiger partial charge < -0.3 is 4.74 Å². The van der Waals surface area contributed by atoms with Gasteiger partial charge in [0.1, 0.15) is 5.56 Å². The molecule has 0 saturated carbocycles. The Hall–Kier alpha value is -2.73. The number of esters is 1. The summed E-state index contributed by atoms with van der Waals surface area (Å²) < 4.78 is 7.41. The Morgan fingerprint density at radius 3 is 2.91 bits per heavy atom. The van der Waals surface area contributed by atoms with E-state index in [0.717, 1.165) is 21.0 Å². The Balaban J connectivity index is 2.16. The minimum atomic E-state index is -0.640. The molecule has 0 atom stereocenters. The van der Waals surface area contributed by atoms with Crippen molar-refractivity contribution < 1.29 is 9.53 Å². The number of nitrogens with zero attached hydrogens (tertiary/aromatic N) is 2. The molecule has 0 radical (unpaired) electrons. The first-order valence-corrected chi connectivity index (χ1v) is 8.01. The second-order valence-electron chi connectivity index (χ2n) is 5.05. The van der Waals surface area contributed by atoms with E-state index >= 15 is 0 Å². The van der Waals surface area contributed by atoms with Crippen LogP contribution in [0.25, 0.3) is 25.9 Å². The molecule has 2 heterocycles. The maximum absolute atomic E-state index is 12.8. The van der Waals surface area contributed by atoms with Crippen molar-refractivity contribution in [3.8, 4) is 0 Å². The van der Waals surface area contributed by atoms with Crippen molar-refractivity contribution in [2.24, 2.45) is 0 Å². The summed E-state index contributed by atoms with van der Waals surface area (Å²) in [6, 6.07) is 11.8. The predicted octanol–water partition coefficient (Wildman–Crippen LogP) is 3.24. The fourth-order valence-electron chi connectivity index (χ4n) is 2.70. The normalized spacial score (nSPS) is 11.3. The van der Waals surface area contributed by atoms with Gasteiger partial charge in [0.05, 0.1) is 23.0 Å². The first-order chi connectivity index (χ1) is 11.2. The third kappa shape index (κ3) is 2.03. The molecule has 0 N–H and O–H groups in total. The zero-order valence-corrected chi connectivity index (χ0v) is 13.1. The third-order valence-electron chi connectivity index (χ3n) is 3.71. The third-order valence-corrected chi connectivity index (χ3v) is 4.73. The van der Waals surface area contributed by atoms with Gasteiger partial charge in [-0.3, -0.25) is 4.79 Å². The molecule has 114 valence electrons. The van der Waals surface area contributed by atoms with Crippen LogP contribution >= 0.6 is 11.3 Å². The standard InChI is InChI=1S/C17H12N2O3S/c1-2-22-16(21)12-9-18-17-19(15(12)20)14-11-6-4-3-5-10(11)7-8-13(14)23-17/h3-9H,2H2,1H3. The number of hydrogen-bond acceptors (Lipinski definition) is 5. The number of ether oxygens (including phenoxy) is 1. The van der Waals surface area contributed by atoms with Crippen LogP contribution in [0.4, 0.5) is 0 Å². The second kappa shape index (κ2) is 5.17. The molecule has 0 aliphatic rings. The van der Waals surface area contributed by atoms with Gasteiger partial charge in [0.25, 0.3) is 5.56 Å². The van der Waals surface area contributed by atoms with Crippen molar-refractivity contribution in [1.29, 1.82) is 0 Å². The van der Waals surface area contributed by atoms with Crippen molar-refractivity contribution >= 4 is 43.3 Å². The molecule has 5 nitrogen and oxygen atoms in total. The van der Waals surface area contributed by atoms with Crippen LogP contribution in [0.5, 0.6) is 0 Å². The van der Waals surface area contributed by atoms with E-state index in [1.807, 2.05) is 36.4 Å². The highest BCUT2D eigenvalue weighted by molar-refractivity contribution is 7.23. The van der Waals surface area contributed by atoms with Crippen molar-refractivity contribution in [2.75, 3.05) is 6.61 Å². The van der Waals surface area contributed by atoms with Crippen LogP contribution < -0.4 is 5.56 Å². The summed E-state index contributed by atoms with van der Waals surface area (Å²) in [4.78, 5) is 29.6. The highest BCUT2D eigenvalue weighted by Gasteiger charge is 2.18. The lowest BCUT2D eigenvalue weighted by Crippen LogP contribution is -2.23. The van der Waals surface area contributed by atoms with Gasteiger partial charge in [-0.05, 0) is 18.4 Å². The molecular formula is C17H12N2O3S. The van der Waals surface area contributed by atoms with Crippen molar-refractivity contribution in [2.45, 2.75) is 6.92 Å². The van der Waals surface area contributed by atoms with E-state index in [4.69, 9.17) is 4.74 Å². The molecule has 0 bridgehead atoms. The zero-order valence-electron chi connectivity index (χ0n) is 12.3. The maximum Gasteiger partial charge on any atom is 0.345 e. The quantitative estimate of drug-likeness (QED) is 0.531. The molecule has 6 heteroatoms. The molecule has 4 aromatic rings. The minimum Gasteiger partial charge on any atom is -0.462 e. The van der Waals surface area contributed by atoms with Crippen LogP contribution in [-0.2, 0) is 4.74 Å². The number of fused-ring (bicyclic) bond motifs is 5. The van der Waals surface area contributed by atoms with Crippen molar-refractivity contribution in [1.82, 2.24) is 9.38 Å². The summed E-state index contributed by atoms with van der Waals surface area (Å²) in [6.07, 6.45) is 1.30. The van der Waals surface area contributed by atoms with Crippen molar-refractivity contribution in [3.63, 3.8) is 0 Å². The Morgan fingerprint density at radius 1 is 1.26 bits per heavy atom. The van der Waals surface area contributed by atoms with Gasteiger partial charge in [-0.25, -0.2) is 14.2 Å². The first-order valence-electron chi connectivity index (χ1n) is 7.20. The summed E-state index contributed by atoms with van der Waals surface area (Å²) in [5, 5.41) is 1.99. The summed E-state index contributed by atoms with van der Waals surface area (Å²) in [5.41, 5.74) is 0.347. The summed E-state index contributed by atoms with van der Waals surface area (Å²) in [5.74, 6) is -0.640. The van der Waals surface area contributed by atoms with Crippen LogP contribution in [0.1, 0.15) is 17.3 Å². The predicted molar refractivity (Wildman–Crippen MR) is 90.3 cm³/mol. The largest absolute Gasteiger partial charge is 0.462 e. The lowest BCUT2D eigenvalue weighted by molar-refractivity contribution is 0.0523. The number of aromatic nitrogens is 2. The molecule has 0 spiro atoms. The topological polar surface area (TPSA) is 60.7 Å². The van der Waals surface area contributed by atoms with E-state index in [0.29, 0.717) is 4.96 Å². The minimum absolute atomic E-state index is 0.0445. The molecule has 0 aliphatic heterocycles. The first kappa shape index (κ1) is 13.9. The molecule has 23 heavy (non-hydrogen) atoms. The van der Waals surface area contributed by atoms with E-state index < -0.39 is 11.5 Å². The SMILES string of the molecule is CCOC(=O)c1cnc2sc3ccc4ccccc4c3n2c1=O. The zero-order chi connectivity index (χ0) is 16.0. The lowest BCUT2D eigenvalue weighted by Gasteiger charge is -2.03. The van der Waals surface area contributed by atoms with Crippen LogP contribution in [0.3, 0.4) is 0 Å². The van der Waals surface area contributed by atoms with Gasteiger partial charge >= 0.3 is 5.97 Å². The van der Waals surface area contributed by atoms with Crippen LogP contribution in [0.2, 0.25) is 0 Å². The summed E-state index contributed by atoms with van der Waals surface area (Å²) in [7, 11) is 0. The van der Waals surface area contributed by atoms with Gasteiger partial charge in [0.2, 0.25) is 0 Å². The molecule has 2 aromatic heterocycles. The second-order valence-corrected chi connectivity index (χ2v) is 6.06.